The standard InChI is InChI=1S/C27H22Cl2N4O4/c1-16(2)37-27(34)36-15-35-26-20(13-21(28)18-9-6-12-32-25(18)26)24(33-22-10-3-4-11-31-22)19-8-5-7-17(14-30)23(19)29/h3-13,16,24H,15H2,1-2H3,(H,31,33). The van der Waals surface area contributed by atoms with Crippen molar-refractivity contribution >= 4 is 46.1 Å². The van der Waals surface area contributed by atoms with Gasteiger partial charge in [-0.1, -0.05) is 41.4 Å². The molecular weight excluding hydrogens is 515 g/mol. The summed E-state index contributed by atoms with van der Waals surface area (Å²) in [4.78, 5) is 20.8. The number of ether oxygens (including phenoxy) is 3. The Morgan fingerprint density at radius 3 is 2.59 bits per heavy atom. The van der Waals surface area contributed by atoms with Gasteiger partial charge in [-0.2, -0.15) is 5.26 Å². The number of aromatic nitrogens is 2. The van der Waals surface area contributed by atoms with Gasteiger partial charge in [0.15, 0.2) is 5.75 Å². The summed E-state index contributed by atoms with van der Waals surface area (Å²) in [5, 5.41) is 14.3. The van der Waals surface area contributed by atoms with Crippen molar-refractivity contribution in [2.24, 2.45) is 0 Å². The van der Waals surface area contributed by atoms with E-state index in [2.05, 4.69) is 21.4 Å². The van der Waals surface area contributed by atoms with Crippen molar-refractivity contribution < 1.29 is 19.0 Å². The summed E-state index contributed by atoms with van der Waals surface area (Å²) in [5.41, 5.74) is 1.88. The summed E-state index contributed by atoms with van der Waals surface area (Å²) >= 11 is 13.3. The van der Waals surface area contributed by atoms with Gasteiger partial charge in [0.1, 0.15) is 17.4 Å². The second-order valence-electron chi connectivity index (χ2n) is 8.11. The second-order valence-corrected chi connectivity index (χ2v) is 8.90. The first kappa shape index (κ1) is 26.0. The fourth-order valence-electron chi connectivity index (χ4n) is 3.70. The van der Waals surface area contributed by atoms with Crippen molar-refractivity contribution in [3.05, 3.63) is 93.7 Å². The lowest BCUT2D eigenvalue weighted by Gasteiger charge is -2.25. The summed E-state index contributed by atoms with van der Waals surface area (Å²) in [6, 6.07) is 17.3. The normalized spacial score (nSPS) is 11.6. The number of carbonyl (C=O) groups is 1. The third kappa shape index (κ3) is 6.02. The summed E-state index contributed by atoms with van der Waals surface area (Å²) in [6.07, 6.45) is 2.04. The van der Waals surface area contributed by atoms with Gasteiger partial charge < -0.3 is 19.5 Å². The van der Waals surface area contributed by atoms with Crippen LogP contribution in [-0.4, -0.2) is 29.0 Å². The van der Waals surface area contributed by atoms with Gasteiger partial charge in [-0.15, -0.1) is 0 Å². The van der Waals surface area contributed by atoms with Crippen LogP contribution in [0.1, 0.15) is 36.6 Å². The molecule has 8 nitrogen and oxygen atoms in total. The molecule has 0 fully saturated rings. The third-order valence-corrected chi connectivity index (χ3v) is 6.00. The highest BCUT2D eigenvalue weighted by Crippen LogP contribution is 2.42. The molecule has 4 aromatic rings. The summed E-state index contributed by atoms with van der Waals surface area (Å²) in [7, 11) is 0. The van der Waals surface area contributed by atoms with Crippen molar-refractivity contribution in [3.8, 4) is 11.8 Å². The zero-order chi connectivity index (χ0) is 26.4. The SMILES string of the molecule is CC(C)OC(=O)OCOc1c(C(Nc2ccccn2)c2cccc(C#N)c2Cl)cc(Cl)c2cccnc12. The van der Waals surface area contributed by atoms with Crippen LogP contribution in [0, 0.1) is 11.3 Å². The van der Waals surface area contributed by atoms with E-state index < -0.39 is 19.0 Å². The van der Waals surface area contributed by atoms with Crippen LogP contribution < -0.4 is 10.1 Å². The molecule has 1 atom stereocenters. The molecule has 4 rings (SSSR count). The predicted octanol–water partition coefficient (Wildman–Crippen LogP) is 6.91. The highest BCUT2D eigenvalue weighted by Gasteiger charge is 2.26. The number of halogens is 2. The van der Waals surface area contributed by atoms with E-state index in [1.165, 1.54) is 0 Å². The van der Waals surface area contributed by atoms with Crippen LogP contribution in [-0.2, 0) is 9.47 Å². The van der Waals surface area contributed by atoms with Crippen LogP contribution in [0.25, 0.3) is 10.9 Å². The molecule has 0 bridgehead atoms. The number of nitriles is 1. The number of nitrogens with zero attached hydrogens (tertiary/aromatic N) is 3. The fraction of sp³-hybridized carbons (Fsp3) is 0.185. The molecule has 10 heteroatoms. The maximum atomic E-state index is 11.9. The molecule has 0 aliphatic rings. The molecule has 1 unspecified atom stereocenters. The minimum absolute atomic E-state index is 0.262. The maximum Gasteiger partial charge on any atom is 0.511 e. The largest absolute Gasteiger partial charge is 0.511 e. The lowest BCUT2D eigenvalue weighted by atomic mass is 9.94. The van der Waals surface area contributed by atoms with Crippen LogP contribution in [0.4, 0.5) is 10.6 Å². The van der Waals surface area contributed by atoms with E-state index in [4.69, 9.17) is 37.4 Å². The molecule has 0 aliphatic heterocycles. The molecule has 2 aromatic heterocycles. The summed E-state index contributed by atoms with van der Waals surface area (Å²) < 4.78 is 16.1. The zero-order valence-corrected chi connectivity index (χ0v) is 21.5. The van der Waals surface area contributed by atoms with Crippen molar-refractivity contribution in [3.63, 3.8) is 0 Å². The highest BCUT2D eigenvalue weighted by atomic mass is 35.5. The smallest absolute Gasteiger partial charge is 0.455 e. The van der Waals surface area contributed by atoms with E-state index in [0.717, 1.165) is 0 Å². The molecule has 188 valence electrons. The lowest BCUT2D eigenvalue weighted by Crippen LogP contribution is -2.19. The first-order valence-corrected chi connectivity index (χ1v) is 12.0. The average molecular weight is 537 g/mol. The number of rotatable bonds is 8. The Balaban J connectivity index is 1.86. The van der Waals surface area contributed by atoms with E-state index in [1.807, 2.05) is 6.07 Å². The van der Waals surface area contributed by atoms with Gasteiger partial charge in [0.05, 0.1) is 27.8 Å². The number of hydrogen-bond acceptors (Lipinski definition) is 8. The zero-order valence-electron chi connectivity index (χ0n) is 19.9. The Morgan fingerprint density at radius 2 is 1.86 bits per heavy atom. The van der Waals surface area contributed by atoms with Gasteiger partial charge in [0.2, 0.25) is 6.79 Å². The molecule has 0 saturated carbocycles. The Kier molecular flexibility index (Phi) is 8.29. The molecule has 37 heavy (non-hydrogen) atoms. The molecule has 0 saturated heterocycles. The van der Waals surface area contributed by atoms with Crippen molar-refractivity contribution in [2.45, 2.75) is 26.0 Å². The first-order valence-electron chi connectivity index (χ1n) is 11.3. The number of benzene rings is 2. The first-order chi connectivity index (χ1) is 17.9. The van der Waals surface area contributed by atoms with Gasteiger partial charge in [-0.3, -0.25) is 4.98 Å². The Hall–Kier alpha value is -4.06. The maximum absolute atomic E-state index is 11.9. The van der Waals surface area contributed by atoms with Crippen LogP contribution in [0.3, 0.4) is 0 Å². The number of fused-ring (bicyclic) bond motifs is 1. The monoisotopic (exact) mass is 536 g/mol. The second kappa shape index (κ2) is 11.8. The summed E-state index contributed by atoms with van der Waals surface area (Å²) in [6.45, 7) is 2.99. The topological polar surface area (TPSA) is 106 Å². The van der Waals surface area contributed by atoms with Gasteiger partial charge in [0, 0.05) is 23.3 Å². The van der Waals surface area contributed by atoms with E-state index in [1.54, 1.807) is 74.8 Å². The van der Waals surface area contributed by atoms with Gasteiger partial charge in [-0.05, 0) is 55.8 Å². The number of carbonyl (C=O) groups excluding carboxylic acids is 1. The average Bonchev–Trinajstić information content (AvgIpc) is 2.89. The number of hydrogen-bond donors (Lipinski definition) is 1. The van der Waals surface area contributed by atoms with Crippen LogP contribution in [0.2, 0.25) is 10.0 Å². The molecular formula is C27H22Cl2N4O4. The number of nitrogens with one attached hydrogen (secondary N) is 1. The molecule has 2 heterocycles. The lowest BCUT2D eigenvalue weighted by molar-refractivity contribution is -0.00807. The van der Waals surface area contributed by atoms with Gasteiger partial charge in [0.25, 0.3) is 0 Å². The van der Waals surface area contributed by atoms with E-state index >= 15 is 0 Å². The molecule has 2 aromatic carbocycles. The summed E-state index contributed by atoms with van der Waals surface area (Å²) in [5.74, 6) is 0.857. The van der Waals surface area contributed by atoms with E-state index in [9.17, 15) is 10.1 Å². The minimum Gasteiger partial charge on any atom is -0.455 e. The van der Waals surface area contributed by atoms with Crippen molar-refractivity contribution in [1.82, 2.24) is 9.97 Å². The Labute approximate surface area is 223 Å². The molecule has 1 N–H and O–H groups in total. The van der Waals surface area contributed by atoms with Crippen LogP contribution in [0.15, 0.2) is 67.0 Å². The van der Waals surface area contributed by atoms with E-state index in [-0.39, 0.29) is 11.1 Å². The van der Waals surface area contributed by atoms with Gasteiger partial charge >= 0.3 is 6.16 Å². The quantitative estimate of drug-likeness (QED) is 0.191. The van der Waals surface area contributed by atoms with Crippen LogP contribution >= 0.6 is 23.2 Å². The van der Waals surface area contributed by atoms with E-state index in [0.29, 0.717) is 44.2 Å². The molecule has 0 spiro atoms. The Bertz CT molecular complexity index is 1460. The highest BCUT2D eigenvalue weighted by molar-refractivity contribution is 6.35. The van der Waals surface area contributed by atoms with Crippen molar-refractivity contribution in [2.75, 3.05) is 12.1 Å². The molecule has 0 radical (unpaired) electrons. The van der Waals surface area contributed by atoms with Crippen molar-refractivity contribution in [1.29, 1.82) is 5.26 Å². The predicted molar refractivity (Wildman–Crippen MR) is 141 cm³/mol. The third-order valence-electron chi connectivity index (χ3n) is 5.26. The number of anilines is 1. The molecule has 0 aliphatic carbocycles. The molecule has 0 amide bonds. The fourth-order valence-corrected chi connectivity index (χ4v) is 4.25. The van der Waals surface area contributed by atoms with Gasteiger partial charge in [-0.25, -0.2) is 9.78 Å². The number of pyridine rings is 2. The minimum atomic E-state index is -0.865. The van der Waals surface area contributed by atoms with Crippen LogP contribution in [0.5, 0.6) is 5.75 Å². The Morgan fingerprint density at radius 1 is 1.05 bits per heavy atom.